The van der Waals surface area contributed by atoms with Crippen LogP contribution in [0.15, 0.2) is 15.1 Å². The first-order chi connectivity index (χ1) is 2.41. The predicted octanol–water partition coefficient (Wildman–Crippen LogP) is 1.54. The van der Waals surface area contributed by atoms with Gasteiger partial charge in [-0.2, -0.15) is 5.53 Å². The van der Waals surface area contributed by atoms with Crippen molar-refractivity contribution in [2.45, 2.75) is 0 Å². The van der Waals surface area contributed by atoms with Gasteiger partial charge in [-0.1, -0.05) is 4.63 Å². The fourth-order valence-corrected chi connectivity index (χ4v) is 0.0507. The second-order valence-electron chi connectivity index (χ2n) is 0.265. The normalized spacial score (nSPS) is 9.00. The molecule has 5 heteroatoms. The highest BCUT2D eigenvalue weighted by Gasteiger charge is 1.46. The van der Waals surface area contributed by atoms with E-state index in [0.29, 0.717) is 0 Å². The summed E-state index contributed by atoms with van der Waals surface area (Å²) in [6.45, 7) is 0. The summed E-state index contributed by atoms with van der Waals surface area (Å²) in [6, 6.07) is 0. The first-order valence-corrected chi connectivity index (χ1v) is 1.13. The fraction of sp³-hybridized carbons (Fsp3) is 0. The van der Waals surface area contributed by atoms with Gasteiger partial charge < -0.3 is 0 Å². The standard InChI is InChI=1S/ClHN4/c1-3-5-4-2/h2H. The number of rotatable bonds is 1. The molecule has 0 saturated carbocycles. The van der Waals surface area contributed by atoms with Gasteiger partial charge in [-0.15, -0.1) is 0 Å². The molecule has 0 fully saturated rings. The molecule has 0 spiro atoms. The first-order valence-electron chi connectivity index (χ1n) is 0.793. The van der Waals surface area contributed by atoms with Gasteiger partial charge in [0.1, 0.15) is 0 Å². The van der Waals surface area contributed by atoms with E-state index in [2.05, 4.69) is 26.9 Å². The number of nitrogens with one attached hydrogen (secondary N) is 1. The summed E-state index contributed by atoms with van der Waals surface area (Å²) in [5.41, 5.74) is 5.88. The van der Waals surface area contributed by atoms with Gasteiger partial charge in [0.15, 0.2) is 0 Å². The molecule has 5 heavy (non-hydrogen) atoms. The molecule has 0 aliphatic rings. The molecule has 0 saturated heterocycles. The molecule has 0 aromatic heterocycles. The minimum absolute atomic E-state index is 2.43. The summed E-state index contributed by atoms with van der Waals surface area (Å²) in [4.78, 5) is 0. The van der Waals surface area contributed by atoms with Gasteiger partial charge in [0.25, 0.3) is 0 Å². The number of halogens is 1. The van der Waals surface area contributed by atoms with E-state index in [4.69, 9.17) is 5.53 Å². The molecule has 4 nitrogen and oxygen atoms in total. The van der Waals surface area contributed by atoms with Crippen molar-refractivity contribution in [2.75, 3.05) is 0 Å². The highest BCUT2D eigenvalue weighted by molar-refractivity contribution is 6.13. The van der Waals surface area contributed by atoms with Crippen molar-refractivity contribution in [1.29, 1.82) is 5.53 Å². The lowest BCUT2D eigenvalue weighted by Gasteiger charge is -1.51. The van der Waals surface area contributed by atoms with E-state index < -0.39 is 0 Å². The van der Waals surface area contributed by atoms with E-state index in [1.54, 1.807) is 0 Å². The summed E-state index contributed by atoms with van der Waals surface area (Å²) < 4.78 is 2.60. The minimum Gasteiger partial charge on any atom is -0.183 e. The van der Waals surface area contributed by atoms with E-state index in [-0.39, 0.29) is 0 Å². The first kappa shape index (κ1) is 4.49. The van der Waals surface area contributed by atoms with Crippen molar-refractivity contribution in [3.8, 4) is 0 Å². The van der Waals surface area contributed by atoms with E-state index in [1.807, 2.05) is 0 Å². The SMILES string of the molecule is N=NN=NCl. The van der Waals surface area contributed by atoms with Crippen molar-refractivity contribution in [3.05, 3.63) is 0 Å². The van der Waals surface area contributed by atoms with Gasteiger partial charge in [0.2, 0.25) is 0 Å². The van der Waals surface area contributed by atoms with E-state index in [9.17, 15) is 0 Å². The van der Waals surface area contributed by atoms with Crippen LogP contribution in [0, 0.1) is 5.53 Å². The molecule has 0 heterocycles. The van der Waals surface area contributed by atoms with Crippen LogP contribution >= 0.6 is 11.8 Å². The van der Waals surface area contributed by atoms with Crippen LogP contribution in [0.1, 0.15) is 0 Å². The average molecular weight is 92.5 g/mol. The van der Waals surface area contributed by atoms with Gasteiger partial charge in [0.05, 0.1) is 11.8 Å². The molecule has 0 atom stereocenters. The van der Waals surface area contributed by atoms with Crippen molar-refractivity contribution < 1.29 is 0 Å². The van der Waals surface area contributed by atoms with Crippen LogP contribution in [0.25, 0.3) is 0 Å². The molecule has 0 unspecified atom stereocenters. The molecule has 0 bridgehead atoms. The average Bonchev–Trinajstić information content (AvgIpc) is 1.41. The maximum absolute atomic E-state index is 5.88. The summed E-state index contributed by atoms with van der Waals surface area (Å²) >= 11 is 4.55. The Labute approximate surface area is 33.4 Å². The maximum atomic E-state index is 5.88. The van der Waals surface area contributed by atoms with E-state index in [1.165, 1.54) is 0 Å². The van der Waals surface area contributed by atoms with Crippen molar-refractivity contribution in [1.82, 2.24) is 0 Å². The molecule has 0 amide bonds. The van der Waals surface area contributed by atoms with Crippen LogP contribution in [0.2, 0.25) is 0 Å². The Morgan fingerprint density at radius 2 is 2.20 bits per heavy atom. The summed E-state index contributed by atoms with van der Waals surface area (Å²) in [6.07, 6.45) is 0. The van der Waals surface area contributed by atoms with Crippen LogP contribution in [0.3, 0.4) is 0 Å². The van der Waals surface area contributed by atoms with Crippen molar-refractivity contribution in [2.24, 2.45) is 15.1 Å². The number of hydrogen-bond acceptors (Lipinski definition) is 2. The van der Waals surface area contributed by atoms with Crippen molar-refractivity contribution >= 4 is 11.8 Å². The molecular weight excluding hydrogens is 91.5 g/mol. The van der Waals surface area contributed by atoms with Gasteiger partial charge in [-0.25, -0.2) is 0 Å². The van der Waals surface area contributed by atoms with Crippen molar-refractivity contribution in [3.63, 3.8) is 0 Å². The Bertz CT molecular complexity index is 45.6. The molecule has 0 aliphatic carbocycles. The van der Waals surface area contributed by atoms with Crippen LogP contribution < -0.4 is 0 Å². The Morgan fingerprint density at radius 1 is 1.60 bits per heavy atom. The third kappa shape index (κ3) is 3.49. The zero-order chi connectivity index (χ0) is 4.12. The van der Waals surface area contributed by atoms with Crippen LogP contribution in [-0.4, -0.2) is 0 Å². The Morgan fingerprint density at radius 3 is 2.20 bits per heavy atom. The molecule has 0 radical (unpaired) electrons. The Hall–Kier alpha value is -0.510. The van der Waals surface area contributed by atoms with E-state index in [0.717, 1.165) is 0 Å². The third-order valence-corrected chi connectivity index (χ3v) is 0.146. The molecular formula is HClN4. The molecule has 0 aliphatic heterocycles. The lowest BCUT2D eigenvalue weighted by molar-refractivity contribution is 0.929. The second kappa shape index (κ2) is 3.49. The minimum atomic E-state index is 2.43. The Kier molecular flexibility index (Phi) is 3.13. The van der Waals surface area contributed by atoms with Gasteiger partial charge in [0, 0.05) is 0 Å². The Balaban J connectivity index is 2.92. The van der Waals surface area contributed by atoms with Gasteiger partial charge in [-0.05, 0) is 10.4 Å². The van der Waals surface area contributed by atoms with E-state index >= 15 is 0 Å². The second-order valence-corrected chi connectivity index (χ2v) is 0.416. The highest BCUT2D eigenvalue weighted by atomic mass is 35.5. The predicted molar refractivity (Wildman–Crippen MR) is 15.9 cm³/mol. The quantitative estimate of drug-likeness (QED) is 0.377. The smallest absolute Gasteiger partial charge is 0.0622 e. The molecule has 0 aromatic carbocycles. The summed E-state index contributed by atoms with van der Waals surface area (Å²) in [7, 11) is 0. The highest BCUT2D eigenvalue weighted by Crippen LogP contribution is 1.76. The monoisotopic (exact) mass is 92.0 g/mol. The zero-order valence-corrected chi connectivity index (χ0v) is 2.98. The lowest BCUT2D eigenvalue weighted by Crippen LogP contribution is -1.27. The summed E-state index contributed by atoms with van der Waals surface area (Å²) in [5, 5.41) is 5.08. The molecule has 0 rings (SSSR count). The third-order valence-electron chi connectivity index (χ3n) is 0.0785. The van der Waals surface area contributed by atoms with Gasteiger partial charge in [-0.3, -0.25) is 0 Å². The van der Waals surface area contributed by atoms with Crippen LogP contribution in [0.5, 0.6) is 0 Å². The molecule has 28 valence electrons. The van der Waals surface area contributed by atoms with Crippen LogP contribution in [0.4, 0.5) is 0 Å². The molecule has 0 aromatic rings. The maximum Gasteiger partial charge on any atom is 0.0622 e. The van der Waals surface area contributed by atoms with Gasteiger partial charge >= 0.3 is 0 Å². The number of nitrogens with zero attached hydrogens (tertiary/aromatic N) is 3. The number of hydrogen-bond donors (Lipinski definition) is 1. The topological polar surface area (TPSA) is 60.9 Å². The fourth-order valence-electron chi connectivity index (χ4n) is 0.0169. The molecule has 1 N–H and O–H groups in total. The largest absolute Gasteiger partial charge is 0.183 e. The lowest BCUT2D eigenvalue weighted by atomic mass is 12.6. The summed E-state index contributed by atoms with van der Waals surface area (Å²) in [5.74, 6) is 0. The van der Waals surface area contributed by atoms with Crippen LogP contribution in [-0.2, 0) is 0 Å². The zero-order valence-electron chi connectivity index (χ0n) is 2.22.